The average Bonchev–Trinajstić information content (AvgIpc) is 3.18. The molecule has 0 bridgehead atoms. The molecule has 0 atom stereocenters. The Morgan fingerprint density at radius 1 is 1.14 bits per heavy atom. The van der Waals surface area contributed by atoms with Gasteiger partial charge in [0.05, 0.1) is 11.1 Å². The van der Waals surface area contributed by atoms with Crippen LogP contribution in [0.4, 0.5) is 4.39 Å². The Hall–Kier alpha value is -3.39. The molecule has 0 unspecified atom stereocenters. The first-order chi connectivity index (χ1) is 13.5. The number of ether oxygens (including phenoxy) is 1. The highest BCUT2D eigenvalue weighted by atomic mass is 32.1. The maximum Gasteiger partial charge on any atom is 0.359 e. The summed E-state index contributed by atoms with van der Waals surface area (Å²) < 4.78 is 19.5. The summed E-state index contributed by atoms with van der Waals surface area (Å²) in [4.78, 5) is 29.1. The molecule has 2 aromatic carbocycles. The molecule has 2 heterocycles. The highest BCUT2D eigenvalue weighted by Gasteiger charge is 2.17. The highest BCUT2D eigenvalue weighted by Crippen LogP contribution is 2.24. The zero-order valence-corrected chi connectivity index (χ0v) is 15.6. The van der Waals surface area contributed by atoms with Gasteiger partial charge in [0, 0.05) is 23.4 Å². The summed E-state index contributed by atoms with van der Waals surface area (Å²) in [5.74, 6) is -0.949. The molecule has 0 saturated heterocycles. The van der Waals surface area contributed by atoms with Crippen molar-refractivity contribution in [2.24, 2.45) is 7.05 Å². The molecule has 0 N–H and O–H groups in total. The fraction of sp³-hybridized carbons (Fsp3) is 0.100. The summed E-state index contributed by atoms with van der Waals surface area (Å²) in [6.45, 7) is -0.0324. The van der Waals surface area contributed by atoms with Gasteiger partial charge < -0.3 is 4.74 Å². The maximum absolute atomic E-state index is 13.0. The van der Waals surface area contributed by atoms with Gasteiger partial charge in [0.1, 0.15) is 17.4 Å². The van der Waals surface area contributed by atoms with Crippen LogP contribution in [0.3, 0.4) is 0 Å². The number of halogens is 1. The van der Waals surface area contributed by atoms with Crippen molar-refractivity contribution in [1.82, 2.24) is 14.8 Å². The van der Waals surface area contributed by atoms with Crippen LogP contribution in [0.15, 0.2) is 58.7 Å². The number of nitrogens with zero attached hydrogens (tertiary/aromatic N) is 3. The van der Waals surface area contributed by atoms with Crippen molar-refractivity contribution in [1.29, 1.82) is 0 Å². The molecule has 0 aliphatic carbocycles. The maximum atomic E-state index is 13.0. The summed E-state index contributed by atoms with van der Waals surface area (Å²) in [5, 5.41) is 7.38. The number of carbonyl (C=O) groups excluding carboxylic acids is 1. The molecule has 0 spiro atoms. The number of hydrogen-bond donors (Lipinski definition) is 0. The summed E-state index contributed by atoms with van der Waals surface area (Å²) in [5.41, 5.74) is 1.16. The predicted octanol–water partition coefficient (Wildman–Crippen LogP) is 3.55. The van der Waals surface area contributed by atoms with Crippen LogP contribution in [0.25, 0.3) is 21.3 Å². The second-order valence-electron chi connectivity index (χ2n) is 6.05. The van der Waals surface area contributed by atoms with Gasteiger partial charge in [0.2, 0.25) is 0 Å². The van der Waals surface area contributed by atoms with E-state index < -0.39 is 5.97 Å². The quantitative estimate of drug-likeness (QED) is 0.494. The molecule has 8 heteroatoms. The number of aryl methyl sites for hydroxylation is 1. The van der Waals surface area contributed by atoms with Crippen molar-refractivity contribution in [3.05, 3.63) is 81.5 Å². The van der Waals surface area contributed by atoms with Crippen molar-refractivity contribution in [3.8, 4) is 10.6 Å². The number of hydrogen-bond acceptors (Lipinski definition) is 6. The molecule has 140 valence electrons. The number of esters is 1. The highest BCUT2D eigenvalue weighted by molar-refractivity contribution is 7.13. The third-order valence-corrected chi connectivity index (χ3v) is 5.08. The van der Waals surface area contributed by atoms with Gasteiger partial charge in [0.25, 0.3) is 5.56 Å². The third-order valence-electron chi connectivity index (χ3n) is 4.14. The Balaban J connectivity index is 1.54. The molecule has 0 amide bonds. The number of thiazole rings is 1. The minimum atomic E-state index is -0.636. The lowest BCUT2D eigenvalue weighted by Gasteiger charge is -2.07. The fourth-order valence-electron chi connectivity index (χ4n) is 2.76. The van der Waals surface area contributed by atoms with Crippen LogP contribution in [0.2, 0.25) is 0 Å². The van der Waals surface area contributed by atoms with Gasteiger partial charge in [-0.15, -0.1) is 11.3 Å². The predicted molar refractivity (Wildman–Crippen MR) is 104 cm³/mol. The lowest BCUT2D eigenvalue weighted by molar-refractivity contribution is 0.0461. The Labute approximate surface area is 162 Å². The largest absolute Gasteiger partial charge is 0.454 e. The Bertz CT molecular complexity index is 1230. The zero-order valence-electron chi connectivity index (χ0n) is 14.8. The summed E-state index contributed by atoms with van der Waals surface area (Å²) in [7, 11) is 1.49. The minimum Gasteiger partial charge on any atom is -0.454 e. The normalized spacial score (nSPS) is 10.9. The summed E-state index contributed by atoms with van der Waals surface area (Å²) >= 11 is 1.38. The van der Waals surface area contributed by atoms with Gasteiger partial charge in [-0.1, -0.05) is 18.2 Å². The molecule has 28 heavy (non-hydrogen) atoms. The van der Waals surface area contributed by atoms with E-state index in [1.807, 2.05) is 0 Å². The lowest BCUT2D eigenvalue weighted by atomic mass is 10.1. The molecule has 0 radical (unpaired) electrons. The average molecular weight is 395 g/mol. The van der Waals surface area contributed by atoms with Crippen LogP contribution in [-0.4, -0.2) is 20.7 Å². The van der Waals surface area contributed by atoms with Gasteiger partial charge in [-0.2, -0.15) is 5.10 Å². The first-order valence-corrected chi connectivity index (χ1v) is 9.24. The number of aromatic nitrogens is 3. The Kier molecular flexibility index (Phi) is 4.70. The van der Waals surface area contributed by atoms with Gasteiger partial charge >= 0.3 is 5.97 Å². The molecule has 2 aromatic heterocycles. The first kappa shape index (κ1) is 18.0. The van der Waals surface area contributed by atoms with E-state index >= 15 is 0 Å². The second kappa shape index (κ2) is 7.32. The number of benzene rings is 2. The fourth-order valence-corrected chi connectivity index (χ4v) is 3.57. The molecular weight excluding hydrogens is 381 g/mol. The molecule has 0 saturated carbocycles. The van der Waals surface area contributed by atoms with Crippen LogP contribution in [0.5, 0.6) is 0 Å². The lowest BCUT2D eigenvalue weighted by Crippen LogP contribution is -2.23. The number of rotatable bonds is 4. The van der Waals surface area contributed by atoms with E-state index in [1.165, 1.54) is 30.5 Å². The van der Waals surface area contributed by atoms with E-state index in [-0.39, 0.29) is 23.7 Å². The van der Waals surface area contributed by atoms with Crippen molar-refractivity contribution in [2.45, 2.75) is 6.61 Å². The molecule has 0 aliphatic heterocycles. The standard InChI is InChI=1S/C20H14FN3O3S/c1-24-19(25)16-5-3-2-4-15(16)17(23-24)20(26)27-10-14-11-28-18(22-14)12-6-8-13(21)9-7-12/h2-9,11H,10H2,1H3. The van der Waals surface area contributed by atoms with Gasteiger partial charge in [-0.05, 0) is 30.3 Å². The minimum absolute atomic E-state index is 0.0324. The molecular formula is C20H14FN3O3S. The van der Waals surface area contributed by atoms with Gasteiger partial charge in [-0.3, -0.25) is 4.79 Å². The van der Waals surface area contributed by atoms with E-state index in [9.17, 15) is 14.0 Å². The van der Waals surface area contributed by atoms with Crippen LogP contribution in [-0.2, 0) is 18.4 Å². The van der Waals surface area contributed by atoms with Gasteiger partial charge in [-0.25, -0.2) is 18.9 Å². The van der Waals surface area contributed by atoms with Crippen LogP contribution >= 0.6 is 11.3 Å². The van der Waals surface area contributed by atoms with E-state index in [2.05, 4.69) is 10.1 Å². The molecule has 0 fully saturated rings. The SMILES string of the molecule is Cn1nc(C(=O)OCc2csc(-c3ccc(F)cc3)n2)c2ccccc2c1=O. The van der Waals surface area contributed by atoms with Crippen LogP contribution < -0.4 is 5.56 Å². The van der Waals surface area contributed by atoms with Crippen LogP contribution in [0, 0.1) is 5.82 Å². The smallest absolute Gasteiger partial charge is 0.359 e. The summed E-state index contributed by atoms with van der Waals surface area (Å²) in [6.07, 6.45) is 0. The molecule has 0 aliphatic rings. The van der Waals surface area contributed by atoms with E-state index in [1.54, 1.807) is 41.8 Å². The van der Waals surface area contributed by atoms with Crippen molar-refractivity contribution in [3.63, 3.8) is 0 Å². The van der Waals surface area contributed by atoms with Gasteiger partial charge in [0.15, 0.2) is 5.69 Å². The Morgan fingerprint density at radius 2 is 1.86 bits per heavy atom. The van der Waals surface area contributed by atoms with Crippen molar-refractivity contribution in [2.75, 3.05) is 0 Å². The summed E-state index contributed by atoms with van der Waals surface area (Å²) in [6, 6.07) is 12.8. The van der Waals surface area contributed by atoms with Crippen LogP contribution in [0.1, 0.15) is 16.2 Å². The monoisotopic (exact) mass is 395 g/mol. The third kappa shape index (κ3) is 3.41. The van der Waals surface area contributed by atoms with E-state index in [0.29, 0.717) is 21.5 Å². The Morgan fingerprint density at radius 3 is 2.61 bits per heavy atom. The zero-order chi connectivity index (χ0) is 19.7. The topological polar surface area (TPSA) is 74.1 Å². The molecule has 6 nitrogen and oxygen atoms in total. The van der Waals surface area contributed by atoms with Crippen molar-refractivity contribution < 1.29 is 13.9 Å². The van der Waals surface area contributed by atoms with E-state index in [0.717, 1.165) is 10.2 Å². The molecule has 4 aromatic rings. The number of fused-ring (bicyclic) bond motifs is 1. The first-order valence-electron chi connectivity index (χ1n) is 8.36. The van der Waals surface area contributed by atoms with Crippen molar-refractivity contribution >= 4 is 28.1 Å². The second-order valence-corrected chi connectivity index (χ2v) is 6.91. The number of carbonyl (C=O) groups is 1. The molecule has 4 rings (SSSR count). The van der Waals surface area contributed by atoms with E-state index in [4.69, 9.17) is 4.74 Å².